The minimum atomic E-state index is -0.109. The van der Waals surface area contributed by atoms with Gasteiger partial charge in [0, 0.05) is 12.6 Å². The van der Waals surface area contributed by atoms with Crippen LogP contribution < -0.4 is 10.6 Å². The zero-order valence-corrected chi connectivity index (χ0v) is 13.2. The molecule has 1 aliphatic heterocycles. The molecule has 0 saturated carbocycles. The maximum absolute atomic E-state index is 12.6. The van der Waals surface area contributed by atoms with Gasteiger partial charge in [0.2, 0.25) is 5.91 Å². The summed E-state index contributed by atoms with van der Waals surface area (Å²) in [6.07, 6.45) is 3.82. The van der Waals surface area contributed by atoms with Crippen LogP contribution in [0.4, 0.5) is 0 Å². The predicted octanol–water partition coefficient (Wildman–Crippen LogP) is 2.37. The average Bonchev–Trinajstić information content (AvgIpc) is 2.61. The molecule has 0 bridgehead atoms. The largest absolute Gasteiger partial charge is 0.352 e. The van der Waals surface area contributed by atoms with Crippen molar-refractivity contribution in [2.45, 2.75) is 44.3 Å². The normalized spacial score (nSPS) is 22.8. The zero-order valence-electron chi connectivity index (χ0n) is 13.2. The Labute approximate surface area is 137 Å². The molecule has 0 radical (unpaired) electrons. The third-order valence-electron chi connectivity index (χ3n) is 5.09. The van der Waals surface area contributed by atoms with E-state index in [1.54, 1.807) is 0 Å². The molecule has 2 N–H and O–H groups in total. The topological polar surface area (TPSA) is 41.1 Å². The van der Waals surface area contributed by atoms with Gasteiger partial charge in [-0.3, -0.25) is 4.79 Å². The molecule has 2 aromatic carbocycles. The molecule has 1 heterocycles. The Balaban J connectivity index is 1.40. The van der Waals surface area contributed by atoms with Crippen LogP contribution in [0, 0.1) is 0 Å². The van der Waals surface area contributed by atoms with Gasteiger partial charge in [-0.15, -0.1) is 0 Å². The molecule has 0 saturated heterocycles. The van der Waals surface area contributed by atoms with Gasteiger partial charge in [-0.25, -0.2) is 0 Å². The van der Waals surface area contributed by atoms with Crippen molar-refractivity contribution in [1.29, 1.82) is 0 Å². The predicted molar refractivity (Wildman–Crippen MR) is 91.2 cm³/mol. The van der Waals surface area contributed by atoms with Crippen molar-refractivity contribution in [3.63, 3.8) is 0 Å². The molecule has 3 heteroatoms. The highest BCUT2D eigenvalue weighted by Gasteiger charge is 2.27. The number of hydrogen-bond acceptors (Lipinski definition) is 2. The molecule has 2 unspecified atom stereocenters. The second kappa shape index (κ2) is 6.17. The molecule has 1 amide bonds. The Bertz CT molecular complexity index is 725. The molecule has 1 aliphatic carbocycles. The van der Waals surface area contributed by atoms with Gasteiger partial charge in [0.25, 0.3) is 0 Å². The lowest BCUT2D eigenvalue weighted by atomic mass is 9.88. The zero-order chi connectivity index (χ0) is 15.6. The first-order valence-corrected chi connectivity index (χ1v) is 8.47. The number of amides is 1. The Kier molecular flexibility index (Phi) is 3.88. The van der Waals surface area contributed by atoms with Crippen molar-refractivity contribution in [1.82, 2.24) is 10.6 Å². The van der Waals surface area contributed by atoms with E-state index in [0.717, 1.165) is 32.2 Å². The monoisotopic (exact) mass is 306 g/mol. The molecule has 2 aromatic rings. The number of carbonyl (C=O) groups is 1. The highest BCUT2D eigenvalue weighted by atomic mass is 16.2. The van der Waals surface area contributed by atoms with Gasteiger partial charge in [-0.05, 0) is 47.9 Å². The summed E-state index contributed by atoms with van der Waals surface area (Å²) in [5.41, 5.74) is 5.41. The Morgan fingerprint density at radius 2 is 1.57 bits per heavy atom. The van der Waals surface area contributed by atoms with E-state index in [0.29, 0.717) is 0 Å². The molecule has 3 nitrogen and oxygen atoms in total. The van der Waals surface area contributed by atoms with E-state index in [-0.39, 0.29) is 18.0 Å². The smallest absolute Gasteiger partial charge is 0.237 e. The van der Waals surface area contributed by atoms with E-state index in [1.807, 2.05) is 0 Å². The second-order valence-corrected chi connectivity index (χ2v) is 6.62. The summed E-state index contributed by atoms with van der Waals surface area (Å²) >= 11 is 0. The summed E-state index contributed by atoms with van der Waals surface area (Å²) < 4.78 is 0. The third-order valence-corrected chi connectivity index (χ3v) is 5.09. The Morgan fingerprint density at radius 1 is 0.913 bits per heavy atom. The first-order valence-electron chi connectivity index (χ1n) is 8.47. The van der Waals surface area contributed by atoms with Crippen LogP contribution in [0.5, 0.6) is 0 Å². The number of nitrogens with one attached hydrogen (secondary N) is 2. The second-order valence-electron chi connectivity index (χ2n) is 6.62. The van der Waals surface area contributed by atoms with Gasteiger partial charge in [0.1, 0.15) is 0 Å². The minimum Gasteiger partial charge on any atom is -0.352 e. The lowest BCUT2D eigenvalue weighted by Crippen LogP contribution is -2.51. The first-order chi connectivity index (χ1) is 11.3. The quantitative estimate of drug-likeness (QED) is 0.894. The van der Waals surface area contributed by atoms with Crippen LogP contribution in [-0.2, 0) is 30.6 Å². The summed E-state index contributed by atoms with van der Waals surface area (Å²) in [5, 5.41) is 6.63. The van der Waals surface area contributed by atoms with E-state index in [9.17, 15) is 4.79 Å². The van der Waals surface area contributed by atoms with Crippen molar-refractivity contribution >= 4 is 5.91 Å². The van der Waals surface area contributed by atoms with Crippen molar-refractivity contribution in [2.75, 3.05) is 0 Å². The maximum Gasteiger partial charge on any atom is 0.237 e. The third kappa shape index (κ3) is 3.02. The van der Waals surface area contributed by atoms with Crippen LogP contribution in [0.1, 0.15) is 28.7 Å². The molecule has 0 aromatic heterocycles. The Hall–Kier alpha value is -2.13. The number of fused-ring (bicyclic) bond motifs is 2. The highest BCUT2D eigenvalue weighted by molar-refractivity contribution is 5.82. The van der Waals surface area contributed by atoms with Crippen LogP contribution in [0.2, 0.25) is 0 Å². The molecular weight excluding hydrogens is 284 g/mol. The van der Waals surface area contributed by atoms with E-state index < -0.39 is 0 Å². The number of rotatable bonds is 2. The fraction of sp³-hybridized carbons (Fsp3) is 0.350. The molecule has 0 fully saturated rings. The van der Waals surface area contributed by atoms with Crippen molar-refractivity contribution in [2.24, 2.45) is 0 Å². The lowest BCUT2D eigenvalue weighted by Gasteiger charge is -2.30. The van der Waals surface area contributed by atoms with Crippen LogP contribution >= 0.6 is 0 Å². The number of benzene rings is 2. The number of hydrogen-bond donors (Lipinski definition) is 2. The summed E-state index contributed by atoms with van der Waals surface area (Å²) in [4.78, 5) is 12.6. The average molecular weight is 306 g/mol. The van der Waals surface area contributed by atoms with E-state index in [2.05, 4.69) is 59.2 Å². The van der Waals surface area contributed by atoms with Gasteiger partial charge in [0.15, 0.2) is 0 Å². The number of carbonyl (C=O) groups excluding carboxylic acids is 1. The number of aryl methyl sites for hydroxylation is 1. The van der Waals surface area contributed by atoms with Gasteiger partial charge in [-0.2, -0.15) is 0 Å². The van der Waals surface area contributed by atoms with Gasteiger partial charge in [-0.1, -0.05) is 48.5 Å². The molecule has 2 atom stereocenters. The Morgan fingerprint density at radius 3 is 2.35 bits per heavy atom. The maximum atomic E-state index is 12.6. The molecule has 23 heavy (non-hydrogen) atoms. The van der Waals surface area contributed by atoms with Crippen LogP contribution in [0.15, 0.2) is 48.5 Å². The summed E-state index contributed by atoms with van der Waals surface area (Å²) in [6.45, 7) is 0.780. The fourth-order valence-corrected chi connectivity index (χ4v) is 3.76. The van der Waals surface area contributed by atoms with E-state index in [4.69, 9.17) is 0 Å². The van der Waals surface area contributed by atoms with Crippen LogP contribution in [-0.4, -0.2) is 18.0 Å². The van der Waals surface area contributed by atoms with Crippen molar-refractivity contribution in [3.8, 4) is 0 Å². The van der Waals surface area contributed by atoms with Crippen LogP contribution in [0.25, 0.3) is 0 Å². The SMILES string of the molecule is O=C(NC1CCc2ccccc2C1)C1Cc2ccccc2CN1. The van der Waals surface area contributed by atoms with Crippen molar-refractivity contribution in [3.05, 3.63) is 70.8 Å². The molecule has 2 aliphatic rings. The van der Waals surface area contributed by atoms with Crippen LogP contribution in [0.3, 0.4) is 0 Å². The van der Waals surface area contributed by atoms with E-state index >= 15 is 0 Å². The van der Waals surface area contributed by atoms with E-state index in [1.165, 1.54) is 22.3 Å². The summed E-state index contributed by atoms with van der Waals surface area (Å²) in [7, 11) is 0. The summed E-state index contributed by atoms with van der Waals surface area (Å²) in [5.74, 6) is 0.142. The highest BCUT2D eigenvalue weighted by Crippen LogP contribution is 2.22. The standard InChI is InChI=1S/C20H22N2O/c23-20(19-12-16-7-3-4-8-17(16)13-21-19)22-18-10-9-14-5-1-2-6-15(14)11-18/h1-8,18-19,21H,9-13H2,(H,22,23). The molecule has 4 rings (SSSR count). The molecule has 118 valence electrons. The van der Waals surface area contributed by atoms with Crippen molar-refractivity contribution < 1.29 is 4.79 Å². The van der Waals surface area contributed by atoms with Gasteiger partial charge >= 0.3 is 0 Å². The first kappa shape index (κ1) is 14.5. The van der Waals surface area contributed by atoms with Gasteiger partial charge in [0.05, 0.1) is 6.04 Å². The minimum absolute atomic E-state index is 0.109. The lowest BCUT2D eigenvalue weighted by molar-refractivity contribution is -0.124. The molecular formula is C20H22N2O. The molecule has 0 spiro atoms. The van der Waals surface area contributed by atoms with Gasteiger partial charge < -0.3 is 10.6 Å². The fourth-order valence-electron chi connectivity index (χ4n) is 3.76. The summed E-state index contributed by atoms with van der Waals surface area (Å²) in [6, 6.07) is 17.1.